The number of nitrogens with zero attached hydrogens (tertiary/aromatic N) is 1. The van der Waals surface area contributed by atoms with E-state index in [1.54, 1.807) is 17.8 Å². The normalized spacial score (nSPS) is 13.1. The molecule has 0 atom stereocenters. The molecule has 1 aliphatic rings. The Morgan fingerprint density at radius 1 is 1.00 bits per heavy atom. The van der Waals surface area contributed by atoms with Crippen LogP contribution in [0.1, 0.15) is 23.1 Å². The van der Waals surface area contributed by atoms with Crippen molar-refractivity contribution in [2.45, 2.75) is 29.1 Å². The first-order chi connectivity index (χ1) is 9.26. The van der Waals surface area contributed by atoms with Crippen LogP contribution >= 0.6 is 23.4 Å². The van der Waals surface area contributed by atoms with Crippen LogP contribution in [0.2, 0.25) is 5.02 Å². The number of hydrogen-bond donors (Lipinski definition) is 0. The van der Waals surface area contributed by atoms with Crippen LogP contribution in [0.3, 0.4) is 0 Å². The fourth-order valence-corrected chi connectivity index (χ4v) is 3.61. The number of aryl methyl sites for hydroxylation is 2. The smallest absolute Gasteiger partial charge is 0.101 e. The van der Waals surface area contributed by atoms with Crippen molar-refractivity contribution >= 4 is 23.4 Å². The molecule has 3 heteroatoms. The summed E-state index contributed by atoms with van der Waals surface area (Å²) < 4.78 is 0. The second-order valence-corrected chi connectivity index (χ2v) is 6.19. The van der Waals surface area contributed by atoms with Gasteiger partial charge in [0.15, 0.2) is 0 Å². The summed E-state index contributed by atoms with van der Waals surface area (Å²) in [4.78, 5) is 2.31. The van der Waals surface area contributed by atoms with E-state index in [0.29, 0.717) is 10.6 Å². The molecule has 1 nitrogen and oxygen atoms in total. The molecule has 0 heterocycles. The molecule has 2 aromatic carbocycles. The number of fused-ring (bicyclic) bond motifs is 1. The summed E-state index contributed by atoms with van der Waals surface area (Å²) >= 11 is 7.75. The van der Waals surface area contributed by atoms with Crippen molar-refractivity contribution in [3.8, 4) is 6.07 Å². The van der Waals surface area contributed by atoms with Gasteiger partial charge in [-0.05, 0) is 60.7 Å². The maximum Gasteiger partial charge on any atom is 0.101 e. The third-order valence-corrected chi connectivity index (χ3v) is 4.66. The Kier molecular flexibility index (Phi) is 3.50. The molecule has 0 bridgehead atoms. The number of nitriles is 1. The van der Waals surface area contributed by atoms with Crippen molar-refractivity contribution in [2.75, 3.05) is 0 Å². The van der Waals surface area contributed by atoms with E-state index in [9.17, 15) is 0 Å². The molecule has 3 rings (SSSR count). The molecular weight excluding hydrogens is 274 g/mol. The third-order valence-electron chi connectivity index (χ3n) is 3.37. The van der Waals surface area contributed by atoms with E-state index < -0.39 is 0 Å². The fraction of sp³-hybridized carbons (Fsp3) is 0.188. The van der Waals surface area contributed by atoms with Gasteiger partial charge in [0.2, 0.25) is 0 Å². The summed E-state index contributed by atoms with van der Waals surface area (Å²) in [6, 6.07) is 14.3. The topological polar surface area (TPSA) is 23.8 Å². The Labute approximate surface area is 122 Å². The first-order valence-corrected chi connectivity index (χ1v) is 7.45. The molecule has 94 valence electrons. The maximum absolute atomic E-state index is 8.86. The van der Waals surface area contributed by atoms with Gasteiger partial charge in [-0.3, -0.25) is 0 Å². The van der Waals surface area contributed by atoms with Gasteiger partial charge >= 0.3 is 0 Å². The van der Waals surface area contributed by atoms with Gasteiger partial charge < -0.3 is 0 Å². The van der Waals surface area contributed by atoms with E-state index in [0.717, 1.165) is 4.90 Å². The van der Waals surface area contributed by atoms with Crippen LogP contribution in [0.4, 0.5) is 0 Å². The van der Waals surface area contributed by atoms with Crippen LogP contribution < -0.4 is 0 Å². The van der Waals surface area contributed by atoms with Crippen molar-refractivity contribution in [3.63, 3.8) is 0 Å². The van der Waals surface area contributed by atoms with E-state index in [-0.39, 0.29) is 0 Å². The predicted molar refractivity (Wildman–Crippen MR) is 78.8 cm³/mol. The molecule has 0 radical (unpaired) electrons. The van der Waals surface area contributed by atoms with Gasteiger partial charge in [0, 0.05) is 9.79 Å². The Bertz CT molecular complexity index is 664. The highest BCUT2D eigenvalue weighted by Gasteiger charge is 2.11. The average Bonchev–Trinajstić information content (AvgIpc) is 2.86. The SMILES string of the molecule is N#Cc1ccc(Sc2ccc3c(c2)CCC3)cc1Cl. The number of halogens is 1. The summed E-state index contributed by atoms with van der Waals surface area (Å²) in [6.07, 6.45) is 3.67. The van der Waals surface area contributed by atoms with Gasteiger partial charge in [0.25, 0.3) is 0 Å². The lowest BCUT2D eigenvalue weighted by Gasteiger charge is -2.06. The molecule has 19 heavy (non-hydrogen) atoms. The van der Waals surface area contributed by atoms with Gasteiger partial charge in [0.05, 0.1) is 10.6 Å². The zero-order valence-corrected chi connectivity index (χ0v) is 11.9. The summed E-state index contributed by atoms with van der Waals surface area (Å²) in [5.41, 5.74) is 3.49. The summed E-state index contributed by atoms with van der Waals surface area (Å²) in [5, 5.41) is 9.39. The quantitative estimate of drug-likeness (QED) is 0.787. The van der Waals surface area contributed by atoms with Crippen LogP contribution in [0.15, 0.2) is 46.2 Å². The number of hydrogen-bond acceptors (Lipinski definition) is 2. The van der Waals surface area contributed by atoms with Crippen LogP contribution in [0.5, 0.6) is 0 Å². The monoisotopic (exact) mass is 285 g/mol. The number of benzene rings is 2. The molecule has 0 aromatic heterocycles. The van der Waals surface area contributed by atoms with Gasteiger partial charge in [-0.25, -0.2) is 0 Å². The van der Waals surface area contributed by atoms with Gasteiger partial charge in [-0.15, -0.1) is 0 Å². The first kappa shape index (κ1) is 12.6. The standard InChI is InChI=1S/C16H12ClNS/c17-16-9-15(7-5-13(16)10-18)19-14-6-4-11-2-1-3-12(11)8-14/h4-9H,1-3H2. The molecule has 1 aliphatic carbocycles. The molecule has 0 amide bonds. The summed E-state index contributed by atoms with van der Waals surface area (Å²) in [6.45, 7) is 0. The van der Waals surface area contributed by atoms with Crippen molar-refractivity contribution in [1.29, 1.82) is 5.26 Å². The Morgan fingerprint density at radius 3 is 2.53 bits per heavy atom. The van der Waals surface area contributed by atoms with Crippen molar-refractivity contribution in [3.05, 3.63) is 58.1 Å². The molecule has 0 unspecified atom stereocenters. The van der Waals surface area contributed by atoms with Crippen LogP contribution in [-0.4, -0.2) is 0 Å². The van der Waals surface area contributed by atoms with E-state index in [4.69, 9.17) is 16.9 Å². The Hall–Kier alpha value is -1.43. The second kappa shape index (κ2) is 5.28. The van der Waals surface area contributed by atoms with Crippen LogP contribution in [0, 0.1) is 11.3 Å². The summed E-state index contributed by atoms with van der Waals surface area (Å²) in [7, 11) is 0. The predicted octanol–water partition coefficient (Wildman–Crippen LogP) is 4.85. The third kappa shape index (κ3) is 2.63. The molecule has 0 N–H and O–H groups in total. The minimum atomic E-state index is 0.522. The second-order valence-electron chi connectivity index (χ2n) is 4.64. The highest BCUT2D eigenvalue weighted by atomic mass is 35.5. The van der Waals surface area contributed by atoms with Crippen molar-refractivity contribution < 1.29 is 0 Å². The fourth-order valence-electron chi connectivity index (χ4n) is 2.40. The van der Waals surface area contributed by atoms with E-state index in [1.807, 2.05) is 12.1 Å². The van der Waals surface area contributed by atoms with E-state index >= 15 is 0 Å². The lowest BCUT2D eigenvalue weighted by Crippen LogP contribution is -1.83. The molecule has 0 saturated heterocycles. The average molecular weight is 286 g/mol. The van der Waals surface area contributed by atoms with Crippen LogP contribution in [-0.2, 0) is 12.8 Å². The lowest BCUT2D eigenvalue weighted by atomic mass is 10.1. The zero-order chi connectivity index (χ0) is 13.2. The molecule has 0 fully saturated rings. The van der Waals surface area contributed by atoms with E-state index in [1.165, 1.54) is 35.3 Å². The molecule has 0 aliphatic heterocycles. The van der Waals surface area contributed by atoms with Gasteiger partial charge in [-0.1, -0.05) is 29.4 Å². The molecule has 2 aromatic rings. The zero-order valence-electron chi connectivity index (χ0n) is 10.3. The minimum absolute atomic E-state index is 0.522. The largest absolute Gasteiger partial charge is 0.192 e. The van der Waals surface area contributed by atoms with Crippen molar-refractivity contribution in [1.82, 2.24) is 0 Å². The van der Waals surface area contributed by atoms with E-state index in [2.05, 4.69) is 24.3 Å². The first-order valence-electron chi connectivity index (χ1n) is 6.25. The molecular formula is C16H12ClNS. The molecule has 0 spiro atoms. The minimum Gasteiger partial charge on any atom is -0.192 e. The number of rotatable bonds is 2. The highest BCUT2D eigenvalue weighted by Crippen LogP contribution is 2.33. The Balaban J connectivity index is 1.85. The highest BCUT2D eigenvalue weighted by molar-refractivity contribution is 7.99. The maximum atomic E-state index is 8.86. The lowest BCUT2D eigenvalue weighted by molar-refractivity contribution is 0.911. The summed E-state index contributed by atoms with van der Waals surface area (Å²) in [5.74, 6) is 0. The van der Waals surface area contributed by atoms with Crippen LogP contribution in [0.25, 0.3) is 0 Å². The van der Waals surface area contributed by atoms with Gasteiger partial charge in [-0.2, -0.15) is 5.26 Å². The molecule has 0 saturated carbocycles. The van der Waals surface area contributed by atoms with Gasteiger partial charge in [0.1, 0.15) is 6.07 Å². The Morgan fingerprint density at radius 2 is 1.74 bits per heavy atom. The van der Waals surface area contributed by atoms with Crippen molar-refractivity contribution in [2.24, 2.45) is 0 Å².